The van der Waals surface area contributed by atoms with E-state index in [1.54, 1.807) is 18.3 Å². The van der Waals surface area contributed by atoms with Gasteiger partial charge in [0.15, 0.2) is 5.03 Å². The molecule has 1 saturated heterocycles. The number of nitrogens with zero attached hydrogens (tertiary/aromatic N) is 3. The molecule has 1 aliphatic heterocycles. The first-order valence-electron chi connectivity index (χ1n) is 7.29. The Hall–Kier alpha value is -1.02. The molecule has 1 N–H and O–H groups in total. The summed E-state index contributed by atoms with van der Waals surface area (Å²) in [6.45, 7) is 7.54. The number of rotatable bonds is 5. The Kier molecular flexibility index (Phi) is 5.32. The molecular formula is C14H24N4O2S. The van der Waals surface area contributed by atoms with Gasteiger partial charge in [-0.25, -0.2) is 13.4 Å². The van der Waals surface area contributed by atoms with Crippen LogP contribution in [0, 0.1) is 0 Å². The lowest BCUT2D eigenvalue weighted by Crippen LogP contribution is -2.50. The summed E-state index contributed by atoms with van der Waals surface area (Å²) in [6.07, 6.45) is 1.62. The van der Waals surface area contributed by atoms with Crippen LogP contribution < -0.4 is 5.32 Å². The van der Waals surface area contributed by atoms with Crippen LogP contribution in [0.25, 0.3) is 0 Å². The maximum Gasteiger partial charge on any atom is 0.260 e. The highest BCUT2D eigenvalue weighted by atomic mass is 32.2. The highest BCUT2D eigenvalue weighted by molar-refractivity contribution is 7.89. The van der Waals surface area contributed by atoms with Crippen molar-refractivity contribution in [3.63, 3.8) is 0 Å². The Bertz CT molecular complexity index is 549. The van der Waals surface area contributed by atoms with Gasteiger partial charge in [0, 0.05) is 45.0 Å². The zero-order valence-electron chi connectivity index (χ0n) is 12.9. The van der Waals surface area contributed by atoms with E-state index in [1.165, 1.54) is 4.31 Å². The first-order chi connectivity index (χ1) is 9.95. The summed E-state index contributed by atoms with van der Waals surface area (Å²) < 4.78 is 26.7. The van der Waals surface area contributed by atoms with Gasteiger partial charge in [-0.3, -0.25) is 4.90 Å². The average Bonchev–Trinajstić information content (AvgIpc) is 2.48. The molecule has 0 saturated carbocycles. The molecule has 0 bridgehead atoms. The second kappa shape index (κ2) is 6.83. The third-order valence-corrected chi connectivity index (χ3v) is 5.60. The Morgan fingerprint density at radius 1 is 1.24 bits per heavy atom. The predicted octanol–water partition coefficient (Wildman–Crippen LogP) is 0.516. The van der Waals surface area contributed by atoms with Crippen molar-refractivity contribution < 1.29 is 8.42 Å². The van der Waals surface area contributed by atoms with Gasteiger partial charge in [-0.15, -0.1) is 0 Å². The minimum Gasteiger partial charge on any atom is -0.316 e. The van der Waals surface area contributed by atoms with E-state index in [0.717, 1.165) is 18.7 Å². The van der Waals surface area contributed by atoms with Gasteiger partial charge in [-0.1, -0.05) is 6.07 Å². The lowest BCUT2D eigenvalue weighted by molar-refractivity contribution is 0.154. The van der Waals surface area contributed by atoms with E-state index in [9.17, 15) is 8.42 Å². The molecule has 1 aromatic rings. The van der Waals surface area contributed by atoms with Gasteiger partial charge in [0.05, 0.1) is 0 Å². The molecule has 1 aromatic heterocycles. The number of pyridine rings is 1. The Morgan fingerprint density at radius 2 is 1.90 bits per heavy atom. The third kappa shape index (κ3) is 3.79. The Morgan fingerprint density at radius 3 is 2.38 bits per heavy atom. The molecule has 2 rings (SSSR count). The smallest absolute Gasteiger partial charge is 0.260 e. The maximum absolute atomic E-state index is 12.6. The number of hydrogen-bond donors (Lipinski definition) is 1. The van der Waals surface area contributed by atoms with Crippen molar-refractivity contribution in [3.8, 4) is 0 Å². The van der Waals surface area contributed by atoms with Crippen LogP contribution in [-0.2, 0) is 16.6 Å². The van der Waals surface area contributed by atoms with Crippen LogP contribution in [0.15, 0.2) is 23.4 Å². The summed E-state index contributed by atoms with van der Waals surface area (Å²) in [7, 11) is -1.62. The molecule has 1 aliphatic rings. The van der Waals surface area contributed by atoms with Crippen molar-refractivity contribution in [2.75, 3.05) is 33.2 Å². The van der Waals surface area contributed by atoms with Crippen molar-refractivity contribution in [2.24, 2.45) is 0 Å². The second-order valence-electron chi connectivity index (χ2n) is 5.57. The molecule has 0 amide bonds. The monoisotopic (exact) mass is 312 g/mol. The Labute approximate surface area is 127 Å². The van der Waals surface area contributed by atoms with Crippen LogP contribution in [-0.4, -0.2) is 61.9 Å². The summed E-state index contributed by atoms with van der Waals surface area (Å²) in [5.74, 6) is 0. The van der Waals surface area contributed by atoms with E-state index in [4.69, 9.17) is 0 Å². The second-order valence-corrected chi connectivity index (χ2v) is 7.45. The molecule has 1 fully saturated rings. The van der Waals surface area contributed by atoms with Crippen molar-refractivity contribution in [1.29, 1.82) is 0 Å². The topological polar surface area (TPSA) is 65.5 Å². The summed E-state index contributed by atoms with van der Waals surface area (Å²) in [5, 5.41) is 3.15. The number of hydrogen-bond acceptors (Lipinski definition) is 5. The van der Waals surface area contributed by atoms with E-state index in [0.29, 0.717) is 25.7 Å². The van der Waals surface area contributed by atoms with Gasteiger partial charge >= 0.3 is 0 Å². The quantitative estimate of drug-likeness (QED) is 0.858. The molecule has 0 atom stereocenters. The van der Waals surface area contributed by atoms with Gasteiger partial charge in [-0.2, -0.15) is 4.31 Å². The molecule has 0 radical (unpaired) electrons. The molecular weight excluding hydrogens is 288 g/mol. The van der Waals surface area contributed by atoms with Crippen molar-refractivity contribution in [2.45, 2.75) is 31.5 Å². The number of nitrogens with one attached hydrogen (secondary N) is 1. The van der Waals surface area contributed by atoms with E-state index in [2.05, 4.69) is 29.0 Å². The Balaban J connectivity index is 2.08. The lowest BCUT2D eigenvalue weighted by Gasteiger charge is -2.35. The van der Waals surface area contributed by atoms with Gasteiger partial charge in [-0.05, 0) is 32.5 Å². The zero-order valence-corrected chi connectivity index (χ0v) is 13.7. The van der Waals surface area contributed by atoms with Crippen LogP contribution >= 0.6 is 0 Å². The molecule has 0 aliphatic carbocycles. The van der Waals surface area contributed by atoms with Crippen molar-refractivity contribution >= 4 is 10.0 Å². The van der Waals surface area contributed by atoms with Gasteiger partial charge in [0.1, 0.15) is 0 Å². The molecule has 0 spiro atoms. The predicted molar refractivity (Wildman–Crippen MR) is 82.5 cm³/mol. The highest BCUT2D eigenvalue weighted by Gasteiger charge is 2.29. The largest absolute Gasteiger partial charge is 0.316 e. The summed E-state index contributed by atoms with van der Waals surface area (Å²) in [4.78, 5) is 6.40. The van der Waals surface area contributed by atoms with Gasteiger partial charge in [0.2, 0.25) is 0 Å². The SMILES string of the molecule is CNCc1ccc(S(=O)(=O)N2CCN(C(C)C)CC2)nc1. The minimum absolute atomic E-state index is 0.139. The molecule has 2 heterocycles. The summed E-state index contributed by atoms with van der Waals surface area (Å²) in [6, 6.07) is 3.85. The van der Waals surface area contributed by atoms with Crippen molar-refractivity contribution in [3.05, 3.63) is 23.9 Å². The fraction of sp³-hybridized carbons (Fsp3) is 0.643. The van der Waals surface area contributed by atoms with Crippen LogP contribution in [0.4, 0.5) is 0 Å². The average molecular weight is 312 g/mol. The molecule has 21 heavy (non-hydrogen) atoms. The first kappa shape index (κ1) is 16.4. The molecule has 0 unspecified atom stereocenters. The van der Waals surface area contributed by atoms with E-state index in [1.807, 2.05) is 7.05 Å². The van der Waals surface area contributed by atoms with Gasteiger partial charge < -0.3 is 5.32 Å². The number of aromatic nitrogens is 1. The normalized spacial score (nSPS) is 18.3. The molecule has 7 heteroatoms. The summed E-state index contributed by atoms with van der Waals surface area (Å²) in [5.41, 5.74) is 0.973. The van der Waals surface area contributed by atoms with E-state index in [-0.39, 0.29) is 5.03 Å². The first-order valence-corrected chi connectivity index (χ1v) is 8.73. The fourth-order valence-corrected chi connectivity index (χ4v) is 3.80. The van der Waals surface area contributed by atoms with Gasteiger partial charge in [0.25, 0.3) is 10.0 Å². The van der Waals surface area contributed by atoms with Crippen LogP contribution in [0.1, 0.15) is 19.4 Å². The maximum atomic E-state index is 12.6. The van der Waals surface area contributed by atoms with Crippen LogP contribution in [0.5, 0.6) is 0 Å². The van der Waals surface area contributed by atoms with E-state index < -0.39 is 10.0 Å². The number of piperazine rings is 1. The zero-order chi connectivity index (χ0) is 15.5. The molecule has 6 nitrogen and oxygen atoms in total. The lowest BCUT2D eigenvalue weighted by atomic mass is 10.3. The molecule has 0 aromatic carbocycles. The fourth-order valence-electron chi connectivity index (χ4n) is 2.46. The van der Waals surface area contributed by atoms with Crippen molar-refractivity contribution in [1.82, 2.24) is 19.5 Å². The molecule has 118 valence electrons. The van der Waals surface area contributed by atoms with Crippen LogP contribution in [0.2, 0.25) is 0 Å². The summed E-state index contributed by atoms with van der Waals surface area (Å²) >= 11 is 0. The third-order valence-electron chi connectivity index (χ3n) is 3.79. The minimum atomic E-state index is -3.47. The van der Waals surface area contributed by atoms with Crippen LogP contribution in [0.3, 0.4) is 0 Å². The standard InChI is InChI=1S/C14H24N4O2S/c1-12(2)17-6-8-18(9-7-17)21(19,20)14-5-4-13(10-15-3)11-16-14/h4-5,11-12,15H,6-10H2,1-3H3. The van der Waals surface area contributed by atoms with E-state index >= 15 is 0 Å². The highest BCUT2D eigenvalue weighted by Crippen LogP contribution is 2.16. The number of sulfonamides is 1.